The number of amides is 2. The number of esters is 1. The minimum absolute atomic E-state index is 0.00119. The molecule has 2 amide bonds. The summed E-state index contributed by atoms with van der Waals surface area (Å²) in [6.07, 6.45) is 4.91. The highest BCUT2D eigenvalue weighted by Gasteiger charge is 2.24. The SMILES string of the molecule is COC(=O)c1ccc(C(=O)NCC2CCN(C(=O)c3cccnc3)CC2)cc1. The van der Waals surface area contributed by atoms with Crippen molar-refractivity contribution in [3.63, 3.8) is 0 Å². The lowest BCUT2D eigenvalue weighted by Crippen LogP contribution is -2.41. The second kappa shape index (κ2) is 9.12. The molecule has 28 heavy (non-hydrogen) atoms. The normalized spacial score (nSPS) is 14.4. The molecule has 146 valence electrons. The van der Waals surface area contributed by atoms with Gasteiger partial charge in [-0.2, -0.15) is 0 Å². The fraction of sp³-hybridized carbons (Fsp3) is 0.333. The summed E-state index contributed by atoms with van der Waals surface area (Å²) in [5.41, 5.74) is 1.51. The lowest BCUT2D eigenvalue weighted by molar-refractivity contribution is 0.0600. The van der Waals surface area contributed by atoms with Gasteiger partial charge < -0.3 is 15.0 Å². The molecule has 1 fully saturated rings. The Kier molecular flexibility index (Phi) is 6.37. The van der Waals surface area contributed by atoms with Crippen LogP contribution in [0, 0.1) is 5.92 Å². The van der Waals surface area contributed by atoms with Crippen LogP contribution in [0.1, 0.15) is 43.9 Å². The van der Waals surface area contributed by atoms with Crippen LogP contribution in [0.15, 0.2) is 48.8 Å². The van der Waals surface area contributed by atoms with E-state index in [-0.39, 0.29) is 11.8 Å². The van der Waals surface area contributed by atoms with Crippen molar-refractivity contribution in [2.24, 2.45) is 5.92 Å². The smallest absolute Gasteiger partial charge is 0.337 e. The quantitative estimate of drug-likeness (QED) is 0.802. The summed E-state index contributed by atoms with van der Waals surface area (Å²) < 4.78 is 4.65. The van der Waals surface area contributed by atoms with Gasteiger partial charge in [0.05, 0.1) is 18.2 Å². The molecule has 7 heteroatoms. The van der Waals surface area contributed by atoms with Crippen molar-refractivity contribution in [1.29, 1.82) is 0 Å². The van der Waals surface area contributed by atoms with Gasteiger partial charge in [0.1, 0.15) is 0 Å². The van der Waals surface area contributed by atoms with E-state index in [1.54, 1.807) is 48.8 Å². The zero-order valence-corrected chi connectivity index (χ0v) is 15.8. The molecule has 2 heterocycles. The topological polar surface area (TPSA) is 88.6 Å². The Balaban J connectivity index is 1.45. The highest BCUT2D eigenvalue weighted by molar-refractivity contribution is 5.96. The molecule has 1 aliphatic heterocycles. The number of aromatic nitrogens is 1. The van der Waals surface area contributed by atoms with Crippen LogP contribution < -0.4 is 5.32 Å². The van der Waals surface area contributed by atoms with E-state index in [2.05, 4.69) is 15.0 Å². The van der Waals surface area contributed by atoms with Gasteiger partial charge in [-0.1, -0.05) is 0 Å². The highest BCUT2D eigenvalue weighted by atomic mass is 16.5. The van der Waals surface area contributed by atoms with Crippen molar-refractivity contribution in [2.45, 2.75) is 12.8 Å². The number of hydrogen-bond donors (Lipinski definition) is 1. The number of benzene rings is 1. The van der Waals surface area contributed by atoms with Crippen LogP contribution in [0.25, 0.3) is 0 Å². The number of carbonyl (C=O) groups is 3. The molecular formula is C21H23N3O4. The monoisotopic (exact) mass is 381 g/mol. The second-order valence-corrected chi connectivity index (χ2v) is 6.76. The largest absolute Gasteiger partial charge is 0.465 e. The predicted molar refractivity (Wildman–Crippen MR) is 103 cm³/mol. The lowest BCUT2D eigenvalue weighted by Gasteiger charge is -2.32. The summed E-state index contributed by atoms with van der Waals surface area (Å²) in [5, 5.41) is 2.94. The number of methoxy groups -OCH3 is 1. The molecule has 1 saturated heterocycles. The maximum atomic E-state index is 12.4. The van der Waals surface area contributed by atoms with E-state index in [1.807, 2.05) is 4.90 Å². The van der Waals surface area contributed by atoms with E-state index in [4.69, 9.17) is 0 Å². The average molecular weight is 381 g/mol. The number of ether oxygens (including phenoxy) is 1. The summed E-state index contributed by atoms with van der Waals surface area (Å²) >= 11 is 0. The molecule has 0 saturated carbocycles. The summed E-state index contributed by atoms with van der Waals surface area (Å²) in [5.74, 6) is -0.276. The van der Waals surface area contributed by atoms with E-state index in [9.17, 15) is 14.4 Å². The number of nitrogens with zero attached hydrogens (tertiary/aromatic N) is 2. The Labute approximate surface area is 163 Å². The van der Waals surface area contributed by atoms with Crippen LogP contribution in [0.4, 0.5) is 0 Å². The highest BCUT2D eigenvalue weighted by Crippen LogP contribution is 2.18. The van der Waals surface area contributed by atoms with Gasteiger partial charge in [0.15, 0.2) is 0 Å². The van der Waals surface area contributed by atoms with Crippen LogP contribution in [0.2, 0.25) is 0 Å². The minimum Gasteiger partial charge on any atom is -0.465 e. The number of rotatable bonds is 5. The van der Waals surface area contributed by atoms with Crippen molar-refractivity contribution >= 4 is 17.8 Å². The van der Waals surface area contributed by atoms with E-state index in [0.29, 0.717) is 42.2 Å². The molecule has 0 aliphatic carbocycles. The number of hydrogen-bond acceptors (Lipinski definition) is 5. The van der Waals surface area contributed by atoms with Crippen molar-refractivity contribution in [3.05, 3.63) is 65.5 Å². The second-order valence-electron chi connectivity index (χ2n) is 6.76. The maximum Gasteiger partial charge on any atom is 0.337 e. The molecule has 1 aliphatic rings. The predicted octanol–water partition coefficient (Wildman–Crippen LogP) is 2.15. The summed E-state index contributed by atoms with van der Waals surface area (Å²) in [6.45, 7) is 1.90. The fourth-order valence-electron chi connectivity index (χ4n) is 3.23. The van der Waals surface area contributed by atoms with Gasteiger partial charge in [-0.25, -0.2) is 4.79 Å². The van der Waals surface area contributed by atoms with Crippen molar-refractivity contribution < 1.29 is 19.1 Å². The molecule has 0 radical (unpaired) electrons. The fourth-order valence-corrected chi connectivity index (χ4v) is 3.23. The van der Waals surface area contributed by atoms with Crippen LogP contribution in [-0.4, -0.2) is 54.4 Å². The molecule has 1 aromatic carbocycles. The lowest BCUT2D eigenvalue weighted by atomic mass is 9.96. The average Bonchev–Trinajstić information content (AvgIpc) is 2.77. The molecule has 1 N–H and O–H groups in total. The Morgan fingerprint density at radius 1 is 1.07 bits per heavy atom. The van der Waals surface area contributed by atoms with Gasteiger partial charge in [0.25, 0.3) is 11.8 Å². The number of pyridine rings is 1. The number of carbonyl (C=O) groups excluding carboxylic acids is 3. The van der Waals surface area contributed by atoms with E-state index in [1.165, 1.54) is 7.11 Å². The van der Waals surface area contributed by atoms with Gasteiger partial charge in [-0.15, -0.1) is 0 Å². The Hall–Kier alpha value is -3.22. The van der Waals surface area contributed by atoms with Crippen LogP contribution in [0.5, 0.6) is 0 Å². The molecule has 0 atom stereocenters. The Morgan fingerprint density at radius 2 is 1.75 bits per heavy atom. The first-order chi connectivity index (χ1) is 13.6. The Bertz CT molecular complexity index is 828. The molecular weight excluding hydrogens is 358 g/mol. The maximum absolute atomic E-state index is 12.4. The van der Waals surface area contributed by atoms with E-state index >= 15 is 0 Å². The van der Waals surface area contributed by atoms with Gasteiger partial charge >= 0.3 is 5.97 Å². The standard InChI is InChI=1S/C21H23N3O4/c1-28-21(27)17-6-4-16(5-7-17)19(25)23-13-15-8-11-24(12-9-15)20(26)18-3-2-10-22-14-18/h2-7,10,14-15H,8-9,11-13H2,1H3,(H,23,25). The molecule has 0 bridgehead atoms. The van der Waals surface area contributed by atoms with Crippen molar-refractivity contribution in [3.8, 4) is 0 Å². The molecule has 0 unspecified atom stereocenters. The van der Waals surface area contributed by atoms with Crippen LogP contribution in [-0.2, 0) is 4.74 Å². The van der Waals surface area contributed by atoms with E-state index < -0.39 is 5.97 Å². The van der Waals surface area contributed by atoms with Gasteiger partial charge in [-0.3, -0.25) is 14.6 Å². The molecule has 7 nitrogen and oxygen atoms in total. The third kappa shape index (κ3) is 4.73. The van der Waals surface area contributed by atoms with Gasteiger partial charge in [-0.05, 0) is 55.2 Å². The number of likely N-dealkylation sites (tertiary alicyclic amines) is 1. The minimum atomic E-state index is -0.431. The zero-order chi connectivity index (χ0) is 19.9. The molecule has 2 aromatic rings. The number of nitrogens with one attached hydrogen (secondary N) is 1. The van der Waals surface area contributed by atoms with E-state index in [0.717, 1.165) is 12.8 Å². The summed E-state index contributed by atoms with van der Waals surface area (Å²) in [6, 6.07) is 9.89. The Morgan fingerprint density at radius 3 is 2.36 bits per heavy atom. The first kappa shape index (κ1) is 19.5. The van der Waals surface area contributed by atoms with Gasteiger partial charge in [0, 0.05) is 37.6 Å². The van der Waals surface area contributed by atoms with Crippen LogP contribution in [0.3, 0.4) is 0 Å². The first-order valence-corrected chi connectivity index (χ1v) is 9.24. The molecule has 0 spiro atoms. The number of piperidine rings is 1. The molecule has 1 aromatic heterocycles. The van der Waals surface area contributed by atoms with Crippen LogP contribution >= 0.6 is 0 Å². The van der Waals surface area contributed by atoms with Crippen molar-refractivity contribution in [1.82, 2.24) is 15.2 Å². The zero-order valence-electron chi connectivity index (χ0n) is 15.8. The summed E-state index contributed by atoms with van der Waals surface area (Å²) in [4.78, 5) is 42.0. The van der Waals surface area contributed by atoms with Gasteiger partial charge in [0.2, 0.25) is 0 Å². The summed E-state index contributed by atoms with van der Waals surface area (Å²) in [7, 11) is 1.32. The first-order valence-electron chi connectivity index (χ1n) is 9.24. The van der Waals surface area contributed by atoms with Crippen molar-refractivity contribution in [2.75, 3.05) is 26.7 Å². The third-order valence-corrected chi connectivity index (χ3v) is 4.93. The third-order valence-electron chi connectivity index (χ3n) is 4.93. The molecule has 3 rings (SSSR count).